The standard InChI is InChI=1S/C14H16Br2/c15-9-14(7-11-5-12(11)8-14)6-10-2-1-3-13(16)4-10/h1-4,11-12H,5-9H2. The molecule has 0 aromatic heterocycles. The van der Waals surface area contributed by atoms with E-state index in [2.05, 4.69) is 56.1 Å². The third kappa shape index (κ3) is 2.11. The molecule has 0 spiro atoms. The SMILES string of the molecule is BrCC1(Cc2cccc(Br)c2)CC2CC2C1. The summed E-state index contributed by atoms with van der Waals surface area (Å²) >= 11 is 7.31. The van der Waals surface area contributed by atoms with Gasteiger partial charge in [0, 0.05) is 9.80 Å². The van der Waals surface area contributed by atoms with E-state index >= 15 is 0 Å². The molecule has 0 bridgehead atoms. The first kappa shape index (κ1) is 11.3. The van der Waals surface area contributed by atoms with Gasteiger partial charge in [-0.2, -0.15) is 0 Å². The van der Waals surface area contributed by atoms with Crippen molar-refractivity contribution in [1.82, 2.24) is 0 Å². The van der Waals surface area contributed by atoms with Crippen molar-refractivity contribution >= 4 is 31.9 Å². The zero-order valence-corrected chi connectivity index (χ0v) is 12.4. The Labute approximate surface area is 114 Å². The highest BCUT2D eigenvalue weighted by atomic mass is 79.9. The van der Waals surface area contributed by atoms with Crippen molar-refractivity contribution in [3.05, 3.63) is 34.3 Å². The Morgan fingerprint density at radius 2 is 2.00 bits per heavy atom. The lowest BCUT2D eigenvalue weighted by atomic mass is 9.79. The summed E-state index contributed by atoms with van der Waals surface area (Å²) in [6, 6.07) is 8.79. The molecule has 2 fully saturated rings. The van der Waals surface area contributed by atoms with Crippen molar-refractivity contribution in [3.63, 3.8) is 0 Å². The molecule has 2 heteroatoms. The molecular weight excluding hydrogens is 328 g/mol. The molecule has 2 unspecified atom stereocenters. The molecule has 0 radical (unpaired) electrons. The number of hydrogen-bond acceptors (Lipinski definition) is 0. The molecule has 16 heavy (non-hydrogen) atoms. The fraction of sp³-hybridized carbons (Fsp3) is 0.571. The Kier molecular flexibility index (Phi) is 2.91. The fourth-order valence-corrected chi connectivity index (χ4v) is 4.49. The van der Waals surface area contributed by atoms with Gasteiger partial charge in [-0.05, 0) is 60.6 Å². The summed E-state index contributed by atoms with van der Waals surface area (Å²) in [6.07, 6.45) is 5.63. The van der Waals surface area contributed by atoms with Crippen molar-refractivity contribution in [1.29, 1.82) is 0 Å². The molecule has 0 aliphatic heterocycles. The molecule has 2 aliphatic carbocycles. The molecule has 1 aromatic carbocycles. The van der Waals surface area contributed by atoms with Crippen molar-refractivity contribution in [2.75, 3.05) is 5.33 Å². The largest absolute Gasteiger partial charge is 0.0922 e. The lowest BCUT2D eigenvalue weighted by Crippen LogP contribution is -2.23. The van der Waals surface area contributed by atoms with Gasteiger partial charge in [0.15, 0.2) is 0 Å². The Balaban J connectivity index is 1.77. The molecule has 0 N–H and O–H groups in total. The highest BCUT2D eigenvalue weighted by molar-refractivity contribution is 9.10. The van der Waals surface area contributed by atoms with E-state index in [0.717, 1.165) is 11.8 Å². The fourth-order valence-electron chi connectivity index (χ4n) is 3.39. The normalized spacial score (nSPS) is 36.1. The van der Waals surface area contributed by atoms with E-state index in [9.17, 15) is 0 Å². The maximum absolute atomic E-state index is 3.75. The second kappa shape index (κ2) is 4.13. The monoisotopic (exact) mass is 342 g/mol. The Hall–Kier alpha value is 0.180. The van der Waals surface area contributed by atoms with Gasteiger partial charge in [-0.3, -0.25) is 0 Å². The zero-order chi connectivity index (χ0) is 11.2. The summed E-state index contributed by atoms with van der Waals surface area (Å²) in [6.45, 7) is 0. The summed E-state index contributed by atoms with van der Waals surface area (Å²) in [5.41, 5.74) is 2.03. The van der Waals surface area contributed by atoms with E-state index in [1.807, 2.05) is 0 Å². The van der Waals surface area contributed by atoms with Gasteiger partial charge in [0.05, 0.1) is 0 Å². The van der Waals surface area contributed by atoms with Crippen LogP contribution in [0.15, 0.2) is 28.7 Å². The topological polar surface area (TPSA) is 0 Å². The van der Waals surface area contributed by atoms with Gasteiger partial charge >= 0.3 is 0 Å². The lowest BCUT2D eigenvalue weighted by Gasteiger charge is -2.29. The van der Waals surface area contributed by atoms with Gasteiger partial charge in [0.1, 0.15) is 0 Å². The van der Waals surface area contributed by atoms with E-state index < -0.39 is 0 Å². The number of hydrogen-bond donors (Lipinski definition) is 0. The van der Waals surface area contributed by atoms with Crippen LogP contribution in [0.1, 0.15) is 24.8 Å². The van der Waals surface area contributed by atoms with Crippen LogP contribution in [0.3, 0.4) is 0 Å². The number of alkyl halides is 1. The van der Waals surface area contributed by atoms with Crippen LogP contribution in [0.2, 0.25) is 0 Å². The number of halogens is 2. The van der Waals surface area contributed by atoms with Crippen LogP contribution in [0.5, 0.6) is 0 Å². The van der Waals surface area contributed by atoms with E-state index in [-0.39, 0.29) is 0 Å². The van der Waals surface area contributed by atoms with Gasteiger partial charge in [-0.15, -0.1) is 0 Å². The summed E-state index contributed by atoms with van der Waals surface area (Å²) in [5.74, 6) is 2.12. The van der Waals surface area contributed by atoms with E-state index in [4.69, 9.17) is 0 Å². The third-order valence-electron chi connectivity index (χ3n) is 4.21. The highest BCUT2D eigenvalue weighted by Crippen LogP contribution is 2.61. The van der Waals surface area contributed by atoms with Crippen LogP contribution in [-0.2, 0) is 6.42 Å². The second-order valence-corrected chi connectivity index (χ2v) is 7.08. The molecule has 0 nitrogen and oxygen atoms in total. The minimum Gasteiger partial charge on any atom is -0.0922 e. The van der Waals surface area contributed by atoms with Crippen LogP contribution in [-0.4, -0.2) is 5.33 Å². The predicted molar refractivity (Wildman–Crippen MR) is 74.9 cm³/mol. The Morgan fingerprint density at radius 3 is 2.62 bits per heavy atom. The van der Waals surface area contributed by atoms with Crippen molar-refractivity contribution in [2.45, 2.75) is 25.7 Å². The first-order valence-corrected chi connectivity index (χ1v) is 7.93. The first-order valence-electron chi connectivity index (χ1n) is 6.01. The van der Waals surface area contributed by atoms with Crippen LogP contribution in [0, 0.1) is 17.3 Å². The Morgan fingerprint density at radius 1 is 1.25 bits per heavy atom. The molecule has 86 valence electrons. The van der Waals surface area contributed by atoms with E-state index in [0.29, 0.717) is 5.41 Å². The van der Waals surface area contributed by atoms with Gasteiger partial charge in [0.25, 0.3) is 0 Å². The van der Waals surface area contributed by atoms with Crippen molar-refractivity contribution in [3.8, 4) is 0 Å². The molecule has 2 saturated carbocycles. The average Bonchev–Trinajstić information content (AvgIpc) is 2.87. The van der Waals surface area contributed by atoms with Gasteiger partial charge in [-0.25, -0.2) is 0 Å². The predicted octanol–water partition coefficient (Wildman–Crippen LogP) is 4.80. The Bertz CT molecular complexity index is 389. The molecule has 2 aliphatic rings. The summed E-state index contributed by atoms with van der Waals surface area (Å²) < 4.78 is 1.21. The number of benzene rings is 1. The van der Waals surface area contributed by atoms with Crippen LogP contribution < -0.4 is 0 Å². The quantitative estimate of drug-likeness (QED) is 0.691. The molecule has 0 saturated heterocycles. The molecule has 0 heterocycles. The molecule has 3 rings (SSSR count). The summed E-state index contributed by atoms with van der Waals surface area (Å²) in [4.78, 5) is 0. The van der Waals surface area contributed by atoms with E-state index in [1.54, 1.807) is 0 Å². The minimum atomic E-state index is 0.550. The van der Waals surface area contributed by atoms with Crippen LogP contribution >= 0.6 is 31.9 Å². The molecule has 1 aromatic rings. The zero-order valence-electron chi connectivity index (χ0n) is 9.26. The maximum Gasteiger partial charge on any atom is 0.0177 e. The number of rotatable bonds is 3. The van der Waals surface area contributed by atoms with Gasteiger partial charge < -0.3 is 0 Å². The van der Waals surface area contributed by atoms with Crippen molar-refractivity contribution in [2.24, 2.45) is 17.3 Å². The number of fused-ring (bicyclic) bond motifs is 1. The third-order valence-corrected chi connectivity index (χ3v) is 5.89. The average molecular weight is 344 g/mol. The first-order chi connectivity index (χ1) is 7.71. The van der Waals surface area contributed by atoms with Gasteiger partial charge in [-0.1, -0.05) is 44.0 Å². The summed E-state index contributed by atoms with van der Waals surface area (Å²) in [5, 5.41) is 1.17. The highest BCUT2D eigenvalue weighted by Gasteiger charge is 2.52. The van der Waals surface area contributed by atoms with E-state index in [1.165, 1.54) is 41.0 Å². The van der Waals surface area contributed by atoms with Gasteiger partial charge in [0.2, 0.25) is 0 Å². The lowest BCUT2D eigenvalue weighted by molar-refractivity contribution is 0.308. The smallest absolute Gasteiger partial charge is 0.0177 e. The minimum absolute atomic E-state index is 0.550. The molecular formula is C14H16Br2. The maximum atomic E-state index is 3.75. The summed E-state index contributed by atoms with van der Waals surface area (Å²) in [7, 11) is 0. The molecule has 0 amide bonds. The second-order valence-electron chi connectivity index (χ2n) is 5.60. The van der Waals surface area contributed by atoms with Crippen LogP contribution in [0.4, 0.5) is 0 Å². The van der Waals surface area contributed by atoms with Crippen molar-refractivity contribution < 1.29 is 0 Å². The van der Waals surface area contributed by atoms with Crippen LogP contribution in [0.25, 0.3) is 0 Å². The molecule has 2 atom stereocenters.